The van der Waals surface area contributed by atoms with Crippen molar-refractivity contribution in [2.75, 3.05) is 31.1 Å². The number of benzene rings is 2. The lowest BCUT2D eigenvalue weighted by Crippen LogP contribution is -2.25. The van der Waals surface area contributed by atoms with E-state index in [1.165, 1.54) is 25.1 Å². The number of aryl methyl sites for hydroxylation is 1. The lowest BCUT2D eigenvalue weighted by molar-refractivity contribution is -0.384. The second-order valence-corrected chi connectivity index (χ2v) is 7.41. The average molecular weight is 456 g/mol. The molecule has 9 heteroatoms. The Morgan fingerprint density at radius 3 is 2.30 bits per heavy atom. The number of nitro benzene ring substituents is 1. The van der Waals surface area contributed by atoms with Crippen LogP contribution in [0.5, 0.6) is 0 Å². The number of nitrogens with zero attached hydrogens (tertiary/aromatic N) is 2. The van der Waals surface area contributed by atoms with Gasteiger partial charge in [0, 0.05) is 44.3 Å². The standard InChI is InChI=1S/C24H29N3O6/c1-4-26(5-2)22-13-12-20(27(31)32)15-21(22)24(30)33-16-23(29)19-10-8-18(9-11-19)7-6-14-25-17(3)28/h8-13,15H,4-7,14,16H2,1-3H3,(H,25,28). The van der Waals surface area contributed by atoms with Crippen molar-refractivity contribution in [1.29, 1.82) is 0 Å². The van der Waals surface area contributed by atoms with Crippen molar-refractivity contribution in [3.05, 3.63) is 69.3 Å². The molecule has 2 aromatic rings. The number of hydrogen-bond acceptors (Lipinski definition) is 7. The van der Waals surface area contributed by atoms with E-state index in [1.54, 1.807) is 12.1 Å². The molecular formula is C24H29N3O6. The molecule has 176 valence electrons. The van der Waals surface area contributed by atoms with Gasteiger partial charge in [0.1, 0.15) is 0 Å². The van der Waals surface area contributed by atoms with Crippen LogP contribution in [0.1, 0.15) is 53.5 Å². The Balaban J connectivity index is 2.03. The topological polar surface area (TPSA) is 119 Å². The molecule has 0 saturated carbocycles. The minimum atomic E-state index is -0.788. The van der Waals surface area contributed by atoms with Crippen molar-refractivity contribution in [3.8, 4) is 0 Å². The van der Waals surface area contributed by atoms with Gasteiger partial charge in [-0.2, -0.15) is 0 Å². The number of ketones is 1. The second kappa shape index (κ2) is 12.3. The van der Waals surface area contributed by atoms with Gasteiger partial charge < -0.3 is 15.0 Å². The predicted molar refractivity (Wildman–Crippen MR) is 125 cm³/mol. The summed E-state index contributed by atoms with van der Waals surface area (Å²) >= 11 is 0. The van der Waals surface area contributed by atoms with E-state index >= 15 is 0 Å². The number of carbonyl (C=O) groups is 3. The van der Waals surface area contributed by atoms with Crippen molar-refractivity contribution < 1.29 is 24.0 Å². The van der Waals surface area contributed by atoms with Crippen LogP contribution in [0, 0.1) is 10.1 Å². The molecule has 0 atom stereocenters. The van der Waals surface area contributed by atoms with E-state index in [2.05, 4.69) is 5.32 Å². The van der Waals surface area contributed by atoms with Crippen LogP contribution in [-0.2, 0) is 16.0 Å². The van der Waals surface area contributed by atoms with Crippen LogP contribution >= 0.6 is 0 Å². The summed E-state index contributed by atoms with van der Waals surface area (Å²) in [6.07, 6.45) is 1.53. The summed E-state index contributed by atoms with van der Waals surface area (Å²) < 4.78 is 5.21. The summed E-state index contributed by atoms with van der Waals surface area (Å²) in [5, 5.41) is 13.9. The monoisotopic (exact) mass is 455 g/mol. The van der Waals surface area contributed by atoms with Crippen LogP contribution in [0.25, 0.3) is 0 Å². The molecule has 0 fully saturated rings. The molecule has 0 spiro atoms. The van der Waals surface area contributed by atoms with E-state index in [9.17, 15) is 24.5 Å². The van der Waals surface area contributed by atoms with Gasteiger partial charge in [0.25, 0.3) is 5.69 Å². The van der Waals surface area contributed by atoms with E-state index in [-0.39, 0.29) is 22.9 Å². The Hall–Kier alpha value is -3.75. The molecule has 0 unspecified atom stereocenters. The van der Waals surface area contributed by atoms with Crippen molar-refractivity contribution >= 4 is 29.0 Å². The average Bonchev–Trinajstić information content (AvgIpc) is 2.81. The summed E-state index contributed by atoms with van der Waals surface area (Å²) in [7, 11) is 0. The van der Waals surface area contributed by atoms with E-state index in [0.717, 1.165) is 18.4 Å². The zero-order valence-corrected chi connectivity index (χ0v) is 19.1. The van der Waals surface area contributed by atoms with Crippen LogP contribution < -0.4 is 10.2 Å². The molecule has 2 rings (SSSR count). The molecule has 0 aliphatic rings. The summed E-state index contributed by atoms with van der Waals surface area (Å²) in [5.74, 6) is -1.23. The Morgan fingerprint density at radius 1 is 1.06 bits per heavy atom. The van der Waals surface area contributed by atoms with Gasteiger partial charge >= 0.3 is 5.97 Å². The van der Waals surface area contributed by atoms with Gasteiger partial charge in [-0.05, 0) is 38.3 Å². The fourth-order valence-corrected chi connectivity index (χ4v) is 3.35. The third-order valence-electron chi connectivity index (χ3n) is 5.14. The van der Waals surface area contributed by atoms with Crippen LogP contribution in [-0.4, -0.2) is 48.8 Å². The highest BCUT2D eigenvalue weighted by molar-refractivity contribution is 6.01. The largest absolute Gasteiger partial charge is 0.454 e. The third kappa shape index (κ3) is 7.41. The third-order valence-corrected chi connectivity index (χ3v) is 5.14. The first kappa shape index (κ1) is 25.5. The fraction of sp³-hybridized carbons (Fsp3) is 0.375. The smallest absolute Gasteiger partial charge is 0.340 e. The fourth-order valence-electron chi connectivity index (χ4n) is 3.35. The number of esters is 1. The Kier molecular flexibility index (Phi) is 9.53. The SMILES string of the molecule is CCN(CC)c1ccc([N+](=O)[O-])cc1C(=O)OCC(=O)c1ccc(CCCNC(C)=O)cc1. The summed E-state index contributed by atoms with van der Waals surface area (Å²) in [4.78, 5) is 48.5. The van der Waals surface area contributed by atoms with E-state index in [1.807, 2.05) is 30.9 Å². The number of carbonyl (C=O) groups excluding carboxylic acids is 3. The molecule has 2 aromatic carbocycles. The first-order valence-electron chi connectivity index (χ1n) is 10.8. The molecule has 0 aliphatic heterocycles. The maximum Gasteiger partial charge on any atom is 0.340 e. The highest BCUT2D eigenvalue weighted by Gasteiger charge is 2.21. The molecule has 0 heterocycles. The van der Waals surface area contributed by atoms with E-state index in [4.69, 9.17) is 4.74 Å². The normalized spacial score (nSPS) is 10.4. The summed E-state index contributed by atoms with van der Waals surface area (Å²) in [6, 6.07) is 11.0. The van der Waals surface area contributed by atoms with Gasteiger partial charge in [-0.1, -0.05) is 24.3 Å². The van der Waals surface area contributed by atoms with Crippen LogP contribution in [0.2, 0.25) is 0 Å². The maximum atomic E-state index is 12.7. The van der Waals surface area contributed by atoms with E-state index in [0.29, 0.717) is 30.9 Å². The first-order valence-corrected chi connectivity index (χ1v) is 10.8. The molecule has 0 radical (unpaired) electrons. The first-order chi connectivity index (χ1) is 15.8. The molecule has 1 amide bonds. The lowest BCUT2D eigenvalue weighted by atomic mass is 10.1. The number of ether oxygens (including phenoxy) is 1. The van der Waals surface area contributed by atoms with Gasteiger partial charge in [0.2, 0.25) is 5.91 Å². The van der Waals surface area contributed by atoms with Gasteiger partial charge in [-0.3, -0.25) is 19.7 Å². The lowest BCUT2D eigenvalue weighted by Gasteiger charge is -2.23. The molecule has 1 N–H and O–H groups in total. The number of non-ortho nitro benzene ring substituents is 1. The van der Waals surface area contributed by atoms with Gasteiger partial charge in [-0.15, -0.1) is 0 Å². The highest BCUT2D eigenvalue weighted by Crippen LogP contribution is 2.26. The van der Waals surface area contributed by atoms with Crippen LogP contribution in [0.3, 0.4) is 0 Å². The summed E-state index contributed by atoms with van der Waals surface area (Å²) in [6.45, 7) is 6.60. The number of anilines is 1. The Bertz CT molecular complexity index is 1000. The minimum Gasteiger partial charge on any atom is -0.454 e. The highest BCUT2D eigenvalue weighted by atomic mass is 16.6. The number of amides is 1. The zero-order valence-electron chi connectivity index (χ0n) is 19.1. The molecule has 0 aliphatic carbocycles. The molecule has 0 aromatic heterocycles. The van der Waals surface area contributed by atoms with E-state index < -0.39 is 17.5 Å². The molecule has 9 nitrogen and oxygen atoms in total. The quantitative estimate of drug-likeness (QED) is 0.171. The second-order valence-electron chi connectivity index (χ2n) is 7.41. The van der Waals surface area contributed by atoms with Crippen molar-refractivity contribution in [2.45, 2.75) is 33.6 Å². The van der Waals surface area contributed by atoms with Crippen LogP contribution in [0.4, 0.5) is 11.4 Å². The Labute approximate surface area is 192 Å². The van der Waals surface area contributed by atoms with Gasteiger partial charge in [0.05, 0.1) is 16.2 Å². The number of hydrogen-bond donors (Lipinski definition) is 1. The molecular weight excluding hydrogens is 426 g/mol. The van der Waals surface area contributed by atoms with Crippen LogP contribution in [0.15, 0.2) is 42.5 Å². The number of nitro groups is 1. The molecule has 33 heavy (non-hydrogen) atoms. The van der Waals surface area contributed by atoms with Gasteiger partial charge in [-0.25, -0.2) is 4.79 Å². The van der Waals surface area contributed by atoms with Crippen molar-refractivity contribution in [2.24, 2.45) is 0 Å². The van der Waals surface area contributed by atoms with Crippen molar-refractivity contribution in [1.82, 2.24) is 5.32 Å². The Morgan fingerprint density at radius 2 is 1.73 bits per heavy atom. The number of Topliss-reactive ketones (excluding diaryl/α,β-unsaturated/α-hetero) is 1. The number of nitrogens with one attached hydrogen (secondary N) is 1. The number of rotatable bonds is 12. The molecule has 0 saturated heterocycles. The predicted octanol–water partition coefficient (Wildman–Crippen LogP) is 3.55. The van der Waals surface area contributed by atoms with Crippen molar-refractivity contribution in [3.63, 3.8) is 0 Å². The summed E-state index contributed by atoms with van der Waals surface area (Å²) in [5.41, 5.74) is 1.77. The zero-order chi connectivity index (χ0) is 24.4. The maximum absolute atomic E-state index is 12.7. The molecule has 0 bridgehead atoms. The minimum absolute atomic E-state index is 0.0511. The van der Waals surface area contributed by atoms with Gasteiger partial charge in [0.15, 0.2) is 12.4 Å².